The Hall–Kier alpha value is -3.54. The van der Waals surface area contributed by atoms with Crippen molar-refractivity contribution < 1.29 is 19.0 Å². The van der Waals surface area contributed by atoms with Crippen molar-refractivity contribution >= 4 is 5.91 Å². The van der Waals surface area contributed by atoms with Crippen LogP contribution >= 0.6 is 0 Å². The Labute approximate surface area is 170 Å². The van der Waals surface area contributed by atoms with Crippen molar-refractivity contribution in [2.75, 3.05) is 13.7 Å². The van der Waals surface area contributed by atoms with Crippen LogP contribution in [0.2, 0.25) is 0 Å². The highest BCUT2D eigenvalue weighted by Gasteiger charge is 2.13. The highest BCUT2D eigenvalue weighted by molar-refractivity contribution is 5.94. The first-order valence-electron chi connectivity index (χ1n) is 9.40. The van der Waals surface area contributed by atoms with Crippen LogP contribution in [0.4, 0.5) is 0 Å². The van der Waals surface area contributed by atoms with Crippen LogP contribution in [0.5, 0.6) is 17.2 Å². The SMILES string of the molecule is CCOc1cc(C(=O)NCc2ccccc2OC)ccc1OCc1cccnc1. The van der Waals surface area contributed by atoms with E-state index in [1.807, 2.05) is 43.3 Å². The second-order valence-electron chi connectivity index (χ2n) is 6.24. The summed E-state index contributed by atoms with van der Waals surface area (Å²) in [5, 5.41) is 2.91. The van der Waals surface area contributed by atoms with E-state index in [9.17, 15) is 4.79 Å². The maximum atomic E-state index is 12.6. The quantitative estimate of drug-likeness (QED) is 0.596. The molecule has 6 heteroatoms. The van der Waals surface area contributed by atoms with Crippen LogP contribution in [-0.4, -0.2) is 24.6 Å². The van der Waals surface area contributed by atoms with Crippen molar-refractivity contribution in [3.05, 3.63) is 83.7 Å². The Bertz CT molecular complexity index is 945. The lowest BCUT2D eigenvalue weighted by Crippen LogP contribution is -2.23. The number of ether oxygens (including phenoxy) is 3. The summed E-state index contributed by atoms with van der Waals surface area (Å²) in [5.74, 6) is 1.65. The first kappa shape index (κ1) is 20.2. The van der Waals surface area contributed by atoms with Gasteiger partial charge in [-0.05, 0) is 37.3 Å². The number of nitrogens with one attached hydrogen (secondary N) is 1. The third kappa shape index (κ3) is 5.48. The molecule has 0 saturated carbocycles. The minimum Gasteiger partial charge on any atom is -0.496 e. The first-order chi connectivity index (χ1) is 14.2. The van der Waals surface area contributed by atoms with Gasteiger partial charge in [-0.3, -0.25) is 9.78 Å². The van der Waals surface area contributed by atoms with Crippen LogP contribution in [0.25, 0.3) is 0 Å². The molecule has 3 aromatic rings. The third-order valence-corrected chi connectivity index (χ3v) is 4.25. The first-order valence-corrected chi connectivity index (χ1v) is 9.40. The smallest absolute Gasteiger partial charge is 0.251 e. The van der Waals surface area contributed by atoms with Gasteiger partial charge in [-0.15, -0.1) is 0 Å². The zero-order valence-electron chi connectivity index (χ0n) is 16.6. The highest BCUT2D eigenvalue weighted by Crippen LogP contribution is 2.29. The van der Waals surface area contributed by atoms with Crippen molar-refractivity contribution in [1.82, 2.24) is 10.3 Å². The van der Waals surface area contributed by atoms with Crippen LogP contribution in [0, 0.1) is 0 Å². The number of aromatic nitrogens is 1. The molecular weight excluding hydrogens is 368 g/mol. The average molecular weight is 392 g/mol. The molecule has 0 radical (unpaired) electrons. The topological polar surface area (TPSA) is 69.7 Å². The number of amides is 1. The maximum absolute atomic E-state index is 12.6. The van der Waals surface area contributed by atoms with E-state index in [1.54, 1.807) is 37.7 Å². The molecule has 0 fully saturated rings. The summed E-state index contributed by atoms with van der Waals surface area (Å²) in [6, 6.07) is 16.5. The fourth-order valence-electron chi connectivity index (χ4n) is 2.81. The Morgan fingerprint density at radius 3 is 2.62 bits per heavy atom. The van der Waals surface area contributed by atoms with Crippen molar-refractivity contribution in [2.45, 2.75) is 20.1 Å². The van der Waals surface area contributed by atoms with Crippen LogP contribution in [0.1, 0.15) is 28.4 Å². The fourth-order valence-corrected chi connectivity index (χ4v) is 2.81. The van der Waals surface area contributed by atoms with E-state index < -0.39 is 0 Å². The number of para-hydroxylation sites is 1. The zero-order valence-corrected chi connectivity index (χ0v) is 16.6. The molecule has 150 valence electrons. The Morgan fingerprint density at radius 2 is 1.86 bits per heavy atom. The number of pyridine rings is 1. The minimum absolute atomic E-state index is 0.198. The number of carbonyl (C=O) groups is 1. The Balaban J connectivity index is 1.68. The number of rotatable bonds is 9. The third-order valence-electron chi connectivity index (χ3n) is 4.25. The van der Waals surface area contributed by atoms with E-state index in [1.165, 1.54) is 0 Å². The van der Waals surface area contributed by atoms with E-state index >= 15 is 0 Å². The van der Waals surface area contributed by atoms with E-state index in [4.69, 9.17) is 14.2 Å². The molecule has 2 aromatic carbocycles. The molecular formula is C23H24N2O4. The van der Waals surface area contributed by atoms with Gasteiger partial charge in [0.05, 0.1) is 13.7 Å². The molecule has 0 spiro atoms. The number of benzene rings is 2. The molecule has 1 heterocycles. The van der Waals surface area contributed by atoms with Gasteiger partial charge in [-0.25, -0.2) is 0 Å². The summed E-state index contributed by atoms with van der Waals surface area (Å²) >= 11 is 0. The van der Waals surface area contributed by atoms with Gasteiger partial charge in [0.25, 0.3) is 5.91 Å². The van der Waals surface area contributed by atoms with E-state index in [0.29, 0.717) is 36.8 Å². The maximum Gasteiger partial charge on any atom is 0.251 e. The average Bonchev–Trinajstić information content (AvgIpc) is 2.77. The number of hydrogen-bond acceptors (Lipinski definition) is 5. The summed E-state index contributed by atoms with van der Waals surface area (Å²) in [5.41, 5.74) is 2.36. The summed E-state index contributed by atoms with van der Waals surface area (Å²) < 4.78 is 16.9. The number of methoxy groups -OCH3 is 1. The van der Waals surface area contributed by atoms with Crippen LogP contribution in [-0.2, 0) is 13.2 Å². The second-order valence-corrected chi connectivity index (χ2v) is 6.24. The number of carbonyl (C=O) groups excluding carboxylic acids is 1. The largest absolute Gasteiger partial charge is 0.496 e. The standard InChI is InChI=1S/C23H24N2O4/c1-3-28-22-13-18(10-11-21(22)29-16-17-7-6-12-24-14-17)23(26)25-15-19-8-4-5-9-20(19)27-2/h4-14H,3,15-16H2,1-2H3,(H,25,26). The van der Waals surface area contributed by atoms with E-state index in [0.717, 1.165) is 16.9 Å². The summed E-state index contributed by atoms with van der Waals surface area (Å²) in [4.78, 5) is 16.7. The molecule has 0 bridgehead atoms. The molecule has 0 unspecified atom stereocenters. The predicted octanol–water partition coefficient (Wildman–Crippen LogP) is 4.00. The van der Waals surface area contributed by atoms with Gasteiger partial charge in [0, 0.05) is 35.6 Å². The molecule has 0 aliphatic heterocycles. The lowest BCUT2D eigenvalue weighted by molar-refractivity contribution is 0.0950. The second kappa shape index (κ2) is 10.1. The Morgan fingerprint density at radius 1 is 1.00 bits per heavy atom. The minimum atomic E-state index is -0.198. The van der Waals surface area contributed by atoms with Crippen molar-refractivity contribution in [3.8, 4) is 17.2 Å². The number of nitrogens with zero attached hydrogens (tertiary/aromatic N) is 1. The van der Waals surface area contributed by atoms with Crippen molar-refractivity contribution in [2.24, 2.45) is 0 Å². The Kier molecular flexibility index (Phi) is 7.05. The van der Waals surface area contributed by atoms with Gasteiger partial charge in [-0.1, -0.05) is 24.3 Å². The highest BCUT2D eigenvalue weighted by atomic mass is 16.5. The van der Waals surface area contributed by atoms with Gasteiger partial charge in [0.1, 0.15) is 12.4 Å². The molecule has 6 nitrogen and oxygen atoms in total. The summed E-state index contributed by atoms with van der Waals surface area (Å²) in [6.45, 7) is 3.09. The molecule has 1 N–H and O–H groups in total. The molecule has 0 saturated heterocycles. The van der Waals surface area contributed by atoms with Gasteiger partial charge < -0.3 is 19.5 Å². The van der Waals surface area contributed by atoms with Crippen molar-refractivity contribution in [1.29, 1.82) is 0 Å². The van der Waals surface area contributed by atoms with Crippen LogP contribution in [0.3, 0.4) is 0 Å². The molecule has 0 aliphatic rings. The van der Waals surface area contributed by atoms with Crippen LogP contribution in [0.15, 0.2) is 67.0 Å². The zero-order chi connectivity index (χ0) is 20.5. The number of hydrogen-bond donors (Lipinski definition) is 1. The summed E-state index contributed by atoms with van der Waals surface area (Å²) in [7, 11) is 1.61. The van der Waals surface area contributed by atoms with Gasteiger partial charge in [-0.2, -0.15) is 0 Å². The van der Waals surface area contributed by atoms with Crippen LogP contribution < -0.4 is 19.5 Å². The monoisotopic (exact) mass is 392 g/mol. The van der Waals surface area contributed by atoms with Gasteiger partial charge in [0.15, 0.2) is 11.5 Å². The molecule has 0 aliphatic carbocycles. The van der Waals surface area contributed by atoms with E-state index in [-0.39, 0.29) is 5.91 Å². The lowest BCUT2D eigenvalue weighted by atomic mass is 10.1. The fraction of sp³-hybridized carbons (Fsp3) is 0.217. The molecule has 1 aromatic heterocycles. The normalized spacial score (nSPS) is 10.3. The van der Waals surface area contributed by atoms with Gasteiger partial charge in [0.2, 0.25) is 0 Å². The molecule has 3 rings (SSSR count). The van der Waals surface area contributed by atoms with Crippen molar-refractivity contribution in [3.63, 3.8) is 0 Å². The summed E-state index contributed by atoms with van der Waals surface area (Å²) in [6.07, 6.45) is 3.47. The predicted molar refractivity (Wildman–Crippen MR) is 110 cm³/mol. The molecule has 1 amide bonds. The van der Waals surface area contributed by atoms with Gasteiger partial charge >= 0.3 is 0 Å². The van der Waals surface area contributed by atoms with E-state index in [2.05, 4.69) is 10.3 Å². The molecule has 0 atom stereocenters. The molecule has 29 heavy (non-hydrogen) atoms. The lowest BCUT2D eigenvalue weighted by Gasteiger charge is -2.14.